The summed E-state index contributed by atoms with van der Waals surface area (Å²) >= 11 is 6.10. The van der Waals surface area contributed by atoms with Crippen LogP contribution in [0.2, 0.25) is 5.02 Å². The number of nitrogens with one attached hydrogen (secondary N) is 2. The number of ether oxygens (including phenoxy) is 1. The van der Waals surface area contributed by atoms with Crippen LogP contribution in [0.1, 0.15) is 11.1 Å². The highest BCUT2D eigenvalue weighted by Gasteiger charge is 2.24. The zero-order valence-electron chi connectivity index (χ0n) is 13.1. The highest BCUT2D eigenvalue weighted by molar-refractivity contribution is 6.32. The molecule has 0 aliphatic carbocycles. The average Bonchev–Trinajstić information content (AvgIpc) is 2.51. The third kappa shape index (κ3) is 4.63. The van der Waals surface area contributed by atoms with Gasteiger partial charge in [-0.25, -0.2) is 0 Å². The molecule has 1 aliphatic rings. The van der Waals surface area contributed by atoms with Gasteiger partial charge in [0.1, 0.15) is 12.4 Å². The number of benzene rings is 2. The zero-order chi connectivity index (χ0) is 16.1. The second-order valence-corrected chi connectivity index (χ2v) is 5.97. The minimum Gasteiger partial charge on any atom is -0.487 e. The van der Waals surface area contributed by atoms with Crippen LogP contribution in [0.5, 0.6) is 5.75 Å². The normalized spacial score (nSPS) is 13.5. The summed E-state index contributed by atoms with van der Waals surface area (Å²) < 4.78 is 5.80. The Hall–Kier alpha value is -1.75. The van der Waals surface area contributed by atoms with Crippen molar-refractivity contribution in [3.8, 4) is 5.75 Å². The number of hydrogen-bond acceptors (Lipinski definition) is 3. The highest BCUT2D eigenvalue weighted by Crippen LogP contribution is 2.24. The van der Waals surface area contributed by atoms with Crippen LogP contribution in [0.15, 0.2) is 48.5 Å². The molecule has 0 aromatic heterocycles. The van der Waals surface area contributed by atoms with Crippen LogP contribution in [0.3, 0.4) is 0 Å². The van der Waals surface area contributed by atoms with Crippen LogP contribution in [-0.4, -0.2) is 19.0 Å². The van der Waals surface area contributed by atoms with Gasteiger partial charge in [0.25, 0.3) is 0 Å². The predicted molar refractivity (Wildman–Crippen MR) is 97.7 cm³/mol. The van der Waals surface area contributed by atoms with Crippen LogP contribution in [0.25, 0.3) is 0 Å². The molecule has 6 heteroatoms. The Morgan fingerprint density at radius 3 is 2.46 bits per heavy atom. The third-order valence-corrected chi connectivity index (χ3v) is 4.26. The second kappa shape index (κ2) is 8.92. The predicted octanol–water partition coefficient (Wildman–Crippen LogP) is 3.18. The van der Waals surface area contributed by atoms with Crippen molar-refractivity contribution < 1.29 is 9.53 Å². The van der Waals surface area contributed by atoms with Gasteiger partial charge >= 0.3 is 0 Å². The van der Waals surface area contributed by atoms with Crippen molar-refractivity contribution in [1.29, 1.82) is 0 Å². The van der Waals surface area contributed by atoms with E-state index in [1.807, 2.05) is 42.5 Å². The molecule has 1 fully saturated rings. The Bertz CT molecular complexity index is 690. The van der Waals surface area contributed by atoms with Gasteiger partial charge < -0.3 is 15.4 Å². The number of carbonyl (C=O) groups is 1. The first-order valence-corrected chi connectivity index (χ1v) is 8.04. The van der Waals surface area contributed by atoms with Crippen molar-refractivity contribution in [3.05, 3.63) is 64.7 Å². The lowest BCUT2D eigenvalue weighted by molar-refractivity contribution is -0.126. The van der Waals surface area contributed by atoms with E-state index in [2.05, 4.69) is 10.6 Å². The van der Waals surface area contributed by atoms with Crippen LogP contribution >= 0.6 is 24.0 Å². The monoisotopic (exact) mass is 366 g/mol. The minimum absolute atomic E-state index is 0. The maximum absolute atomic E-state index is 11.9. The van der Waals surface area contributed by atoms with Crippen molar-refractivity contribution in [2.24, 2.45) is 5.92 Å². The molecule has 0 radical (unpaired) electrons. The van der Waals surface area contributed by atoms with Crippen LogP contribution in [-0.2, 0) is 17.9 Å². The Labute approximate surface area is 153 Å². The van der Waals surface area contributed by atoms with Gasteiger partial charge in [-0.2, -0.15) is 0 Å². The van der Waals surface area contributed by atoms with E-state index < -0.39 is 0 Å². The Morgan fingerprint density at radius 1 is 1.12 bits per heavy atom. The van der Waals surface area contributed by atoms with Gasteiger partial charge in [0.05, 0.1) is 10.9 Å². The Kier molecular flexibility index (Phi) is 6.91. The molecule has 4 nitrogen and oxygen atoms in total. The molecular weight excluding hydrogens is 347 g/mol. The summed E-state index contributed by atoms with van der Waals surface area (Å²) in [7, 11) is 0. The average molecular weight is 367 g/mol. The number of halogens is 2. The summed E-state index contributed by atoms with van der Waals surface area (Å²) in [6, 6.07) is 15.3. The highest BCUT2D eigenvalue weighted by atomic mass is 35.5. The van der Waals surface area contributed by atoms with Gasteiger partial charge in [0, 0.05) is 19.6 Å². The molecule has 0 saturated carbocycles. The number of carbonyl (C=O) groups excluding carboxylic acids is 1. The lowest BCUT2D eigenvalue weighted by Crippen LogP contribution is -2.50. The molecule has 0 spiro atoms. The second-order valence-electron chi connectivity index (χ2n) is 5.56. The van der Waals surface area contributed by atoms with Crippen molar-refractivity contribution in [2.75, 3.05) is 13.1 Å². The van der Waals surface area contributed by atoms with Crippen molar-refractivity contribution in [3.63, 3.8) is 0 Å². The molecule has 128 valence electrons. The van der Waals surface area contributed by atoms with E-state index in [-0.39, 0.29) is 24.2 Å². The summed E-state index contributed by atoms with van der Waals surface area (Å²) in [5.74, 6) is 0.862. The largest absolute Gasteiger partial charge is 0.487 e. The maximum Gasteiger partial charge on any atom is 0.225 e. The molecule has 3 rings (SSSR count). The smallest absolute Gasteiger partial charge is 0.225 e. The van der Waals surface area contributed by atoms with E-state index in [1.54, 1.807) is 6.07 Å². The molecule has 1 amide bonds. The van der Waals surface area contributed by atoms with E-state index in [0.29, 0.717) is 23.9 Å². The first-order valence-electron chi connectivity index (χ1n) is 7.66. The molecule has 2 aromatic carbocycles. The molecule has 1 heterocycles. The lowest BCUT2D eigenvalue weighted by Gasteiger charge is -2.26. The molecule has 1 saturated heterocycles. The minimum atomic E-state index is 0. The van der Waals surface area contributed by atoms with Crippen LogP contribution < -0.4 is 15.4 Å². The summed E-state index contributed by atoms with van der Waals surface area (Å²) in [5.41, 5.74) is 2.10. The van der Waals surface area contributed by atoms with Gasteiger partial charge in [-0.05, 0) is 23.3 Å². The van der Waals surface area contributed by atoms with Gasteiger partial charge in [0.15, 0.2) is 0 Å². The number of para-hydroxylation sites is 1. The number of rotatable bonds is 6. The summed E-state index contributed by atoms with van der Waals surface area (Å²) in [6.45, 7) is 2.46. The fourth-order valence-electron chi connectivity index (χ4n) is 2.39. The van der Waals surface area contributed by atoms with Gasteiger partial charge in [-0.1, -0.05) is 48.0 Å². The van der Waals surface area contributed by atoms with Crippen molar-refractivity contribution >= 4 is 29.9 Å². The molecule has 2 aromatic rings. The summed E-state index contributed by atoms with van der Waals surface area (Å²) in [6.07, 6.45) is 0. The van der Waals surface area contributed by atoms with E-state index in [9.17, 15) is 4.79 Å². The first kappa shape index (κ1) is 18.6. The maximum atomic E-state index is 11.9. The molecule has 0 bridgehead atoms. The first-order chi connectivity index (χ1) is 11.2. The standard InChI is InChI=1S/C18H19ClN2O2.ClH/c19-16-7-3-4-8-17(16)23-12-14-6-2-1-5-13(14)11-21-18(22)15-9-20-10-15;/h1-8,15,20H,9-12H2,(H,21,22);1H. The SMILES string of the molecule is Cl.O=C(NCc1ccccc1COc1ccccc1Cl)C1CNC1. The fourth-order valence-corrected chi connectivity index (χ4v) is 2.58. The van der Waals surface area contributed by atoms with Gasteiger partial charge in [-0.15, -0.1) is 12.4 Å². The van der Waals surface area contributed by atoms with E-state index in [0.717, 1.165) is 24.2 Å². The topological polar surface area (TPSA) is 50.4 Å². The molecule has 1 aliphatic heterocycles. The van der Waals surface area contributed by atoms with E-state index in [1.165, 1.54) is 0 Å². The molecule has 0 unspecified atom stereocenters. The number of amides is 1. The summed E-state index contributed by atoms with van der Waals surface area (Å²) in [5, 5.41) is 6.69. The number of hydrogen-bond donors (Lipinski definition) is 2. The van der Waals surface area contributed by atoms with Gasteiger partial charge in [0.2, 0.25) is 5.91 Å². The van der Waals surface area contributed by atoms with Crippen molar-refractivity contribution in [2.45, 2.75) is 13.2 Å². The third-order valence-electron chi connectivity index (χ3n) is 3.94. The van der Waals surface area contributed by atoms with Gasteiger partial charge in [-0.3, -0.25) is 4.79 Å². The molecule has 2 N–H and O–H groups in total. The van der Waals surface area contributed by atoms with Crippen LogP contribution in [0, 0.1) is 5.92 Å². The Balaban J connectivity index is 0.00000208. The van der Waals surface area contributed by atoms with Crippen LogP contribution in [0.4, 0.5) is 0 Å². The molecule has 0 atom stereocenters. The molecule has 24 heavy (non-hydrogen) atoms. The van der Waals surface area contributed by atoms with Crippen molar-refractivity contribution in [1.82, 2.24) is 10.6 Å². The Morgan fingerprint density at radius 2 is 1.79 bits per heavy atom. The zero-order valence-corrected chi connectivity index (χ0v) is 14.7. The van der Waals surface area contributed by atoms with E-state index in [4.69, 9.17) is 16.3 Å². The lowest BCUT2D eigenvalue weighted by atomic mass is 10.0. The quantitative estimate of drug-likeness (QED) is 0.825. The fraction of sp³-hybridized carbons (Fsp3) is 0.278. The summed E-state index contributed by atoms with van der Waals surface area (Å²) in [4.78, 5) is 11.9. The van der Waals surface area contributed by atoms with E-state index >= 15 is 0 Å². The molecular formula is C18H20Cl2N2O2.